The first-order valence-corrected chi connectivity index (χ1v) is 6.90. The van der Waals surface area contributed by atoms with Crippen LogP contribution in [0.15, 0.2) is 0 Å². The molecule has 2 fully saturated rings. The van der Waals surface area contributed by atoms with Crippen LogP contribution in [0.25, 0.3) is 0 Å². The van der Waals surface area contributed by atoms with Crippen molar-refractivity contribution in [2.24, 2.45) is 11.7 Å². The number of rotatable bonds is 5. The van der Waals surface area contributed by atoms with Crippen molar-refractivity contribution >= 4 is 0 Å². The van der Waals surface area contributed by atoms with Crippen LogP contribution in [0, 0.1) is 5.92 Å². The van der Waals surface area contributed by atoms with Crippen molar-refractivity contribution in [1.82, 2.24) is 9.80 Å². The lowest BCUT2D eigenvalue weighted by molar-refractivity contribution is 0.0925. The maximum atomic E-state index is 5.92. The molecule has 1 unspecified atom stereocenters. The van der Waals surface area contributed by atoms with Crippen LogP contribution in [0.5, 0.6) is 0 Å². The number of nitrogens with two attached hydrogens (primary N) is 1. The number of likely N-dealkylation sites (tertiary alicyclic amines) is 1. The first kappa shape index (κ1) is 12.3. The van der Waals surface area contributed by atoms with Gasteiger partial charge < -0.3 is 10.6 Å². The Bertz CT molecular complexity index is 207. The summed E-state index contributed by atoms with van der Waals surface area (Å²) >= 11 is 0. The first-order chi connectivity index (χ1) is 7.76. The summed E-state index contributed by atoms with van der Waals surface area (Å²) in [6.45, 7) is 6.85. The second-order valence-electron chi connectivity index (χ2n) is 5.47. The van der Waals surface area contributed by atoms with Gasteiger partial charge in [-0.15, -0.1) is 0 Å². The zero-order valence-corrected chi connectivity index (χ0v) is 10.9. The van der Waals surface area contributed by atoms with Gasteiger partial charge in [-0.3, -0.25) is 4.90 Å². The topological polar surface area (TPSA) is 32.5 Å². The van der Waals surface area contributed by atoms with E-state index < -0.39 is 0 Å². The van der Waals surface area contributed by atoms with Gasteiger partial charge >= 0.3 is 0 Å². The predicted octanol–water partition coefficient (Wildman–Crippen LogP) is 1.14. The molecule has 1 saturated carbocycles. The quantitative estimate of drug-likeness (QED) is 0.761. The third-order valence-corrected chi connectivity index (χ3v) is 4.51. The third-order valence-electron chi connectivity index (χ3n) is 4.51. The van der Waals surface area contributed by atoms with Crippen LogP contribution in [0.2, 0.25) is 0 Å². The maximum absolute atomic E-state index is 5.92. The van der Waals surface area contributed by atoms with E-state index in [4.69, 9.17) is 5.73 Å². The highest BCUT2D eigenvalue weighted by Crippen LogP contribution is 2.36. The number of likely N-dealkylation sites (N-methyl/N-ethyl adjacent to an activating group) is 1. The van der Waals surface area contributed by atoms with Gasteiger partial charge in [-0.2, -0.15) is 0 Å². The molecule has 1 aliphatic heterocycles. The number of nitrogens with zero attached hydrogens (tertiary/aromatic N) is 2. The maximum Gasteiger partial charge on any atom is 0.0246 e. The minimum absolute atomic E-state index is 0.651. The van der Waals surface area contributed by atoms with Crippen LogP contribution in [0.4, 0.5) is 0 Å². The van der Waals surface area contributed by atoms with Gasteiger partial charge in [-0.25, -0.2) is 0 Å². The lowest BCUT2D eigenvalue weighted by Gasteiger charge is -2.40. The molecule has 16 heavy (non-hydrogen) atoms. The Morgan fingerprint density at radius 3 is 2.31 bits per heavy atom. The zero-order valence-electron chi connectivity index (χ0n) is 10.9. The fourth-order valence-corrected chi connectivity index (χ4v) is 3.09. The molecule has 3 nitrogen and oxygen atoms in total. The highest BCUT2D eigenvalue weighted by atomic mass is 15.2. The summed E-state index contributed by atoms with van der Waals surface area (Å²) in [7, 11) is 2.29. The van der Waals surface area contributed by atoms with Crippen molar-refractivity contribution in [1.29, 1.82) is 0 Å². The Hall–Kier alpha value is -0.120. The molecule has 3 heteroatoms. The average molecular weight is 225 g/mol. The second-order valence-corrected chi connectivity index (χ2v) is 5.47. The van der Waals surface area contributed by atoms with Crippen LogP contribution >= 0.6 is 0 Å². The van der Waals surface area contributed by atoms with Gasteiger partial charge in [0, 0.05) is 18.6 Å². The zero-order chi connectivity index (χ0) is 11.5. The molecule has 1 heterocycles. The van der Waals surface area contributed by atoms with E-state index in [1.165, 1.54) is 45.3 Å². The molecule has 0 spiro atoms. The lowest BCUT2D eigenvalue weighted by Crippen LogP contribution is -2.50. The normalized spacial score (nSPS) is 26.2. The molecule has 94 valence electrons. The minimum atomic E-state index is 0.651. The van der Waals surface area contributed by atoms with Crippen molar-refractivity contribution < 1.29 is 0 Å². The molecule has 2 N–H and O–H groups in total. The standard InChI is InChI=1S/C13H27N3/c1-3-16-8-6-12(7-9-16)15(2)13(10-14)11-4-5-11/h11-13H,3-10,14H2,1-2H3. The number of hydrogen-bond acceptors (Lipinski definition) is 3. The first-order valence-electron chi connectivity index (χ1n) is 6.90. The molecule has 0 aromatic heterocycles. The van der Waals surface area contributed by atoms with Gasteiger partial charge in [0.25, 0.3) is 0 Å². The molecule has 1 aliphatic carbocycles. The average Bonchev–Trinajstić information content (AvgIpc) is 3.14. The molecule has 0 aromatic rings. The minimum Gasteiger partial charge on any atom is -0.329 e. The van der Waals surface area contributed by atoms with Crippen LogP contribution in [-0.2, 0) is 0 Å². The van der Waals surface area contributed by atoms with Gasteiger partial charge in [0.05, 0.1) is 0 Å². The van der Waals surface area contributed by atoms with Crippen molar-refractivity contribution in [3.05, 3.63) is 0 Å². The summed E-state index contributed by atoms with van der Waals surface area (Å²) in [5.41, 5.74) is 5.92. The van der Waals surface area contributed by atoms with Crippen molar-refractivity contribution in [2.75, 3.05) is 33.2 Å². The highest BCUT2D eigenvalue weighted by molar-refractivity contribution is 4.91. The van der Waals surface area contributed by atoms with E-state index in [1.807, 2.05) is 0 Å². The summed E-state index contributed by atoms with van der Waals surface area (Å²) in [6.07, 6.45) is 5.46. The SMILES string of the molecule is CCN1CCC(N(C)C(CN)C2CC2)CC1. The van der Waals surface area contributed by atoms with Gasteiger partial charge in [0.2, 0.25) is 0 Å². The molecule has 2 aliphatic rings. The summed E-state index contributed by atoms with van der Waals surface area (Å²) in [5, 5.41) is 0. The largest absolute Gasteiger partial charge is 0.329 e. The van der Waals surface area contributed by atoms with Crippen LogP contribution < -0.4 is 5.73 Å². The Morgan fingerprint density at radius 2 is 1.88 bits per heavy atom. The Kier molecular flexibility index (Phi) is 4.22. The van der Waals surface area contributed by atoms with E-state index in [0.717, 1.165) is 18.5 Å². The van der Waals surface area contributed by atoms with Crippen LogP contribution in [-0.4, -0.2) is 55.1 Å². The van der Waals surface area contributed by atoms with Crippen molar-refractivity contribution in [2.45, 2.75) is 44.7 Å². The summed E-state index contributed by atoms with van der Waals surface area (Å²) in [6, 6.07) is 1.43. The molecular formula is C13H27N3. The van der Waals surface area contributed by atoms with E-state index in [0.29, 0.717) is 6.04 Å². The molecule has 0 bridgehead atoms. The molecule has 2 rings (SSSR count). The van der Waals surface area contributed by atoms with E-state index >= 15 is 0 Å². The molecule has 0 amide bonds. The lowest BCUT2D eigenvalue weighted by atomic mass is 10.0. The van der Waals surface area contributed by atoms with Gasteiger partial charge in [-0.05, 0) is 58.3 Å². The summed E-state index contributed by atoms with van der Waals surface area (Å²) in [4.78, 5) is 5.14. The summed E-state index contributed by atoms with van der Waals surface area (Å²) < 4.78 is 0. The number of hydrogen-bond donors (Lipinski definition) is 1. The summed E-state index contributed by atoms with van der Waals surface area (Å²) in [5.74, 6) is 0.902. The predicted molar refractivity (Wildman–Crippen MR) is 68.5 cm³/mol. The number of piperidine rings is 1. The van der Waals surface area contributed by atoms with Crippen molar-refractivity contribution in [3.63, 3.8) is 0 Å². The van der Waals surface area contributed by atoms with Gasteiger partial charge in [-0.1, -0.05) is 6.92 Å². The van der Waals surface area contributed by atoms with Crippen LogP contribution in [0.3, 0.4) is 0 Å². The van der Waals surface area contributed by atoms with Gasteiger partial charge in [0.15, 0.2) is 0 Å². The molecule has 1 atom stereocenters. The Morgan fingerprint density at radius 1 is 1.25 bits per heavy atom. The monoisotopic (exact) mass is 225 g/mol. The molecular weight excluding hydrogens is 198 g/mol. The van der Waals surface area contributed by atoms with E-state index in [1.54, 1.807) is 0 Å². The van der Waals surface area contributed by atoms with Gasteiger partial charge in [0.1, 0.15) is 0 Å². The smallest absolute Gasteiger partial charge is 0.0246 e. The van der Waals surface area contributed by atoms with Crippen LogP contribution in [0.1, 0.15) is 32.6 Å². The highest BCUT2D eigenvalue weighted by Gasteiger charge is 2.36. The third kappa shape index (κ3) is 2.76. The molecule has 0 radical (unpaired) electrons. The molecule has 1 saturated heterocycles. The Labute approximate surface area is 100.0 Å². The molecule has 0 aromatic carbocycles. The van der Waals surface area contributed by atoms with E-state index in [2.05, 4.69) is 23.8 Å². The Balaban J connectivity index is 1.82. The second kappa shape index (κ2) is 5.48. The van der Waals surface area contributed by atoms with Crippen molar-refractivity contribution in [3.8, 4) is 0 Å². The van der Waals surface area contributed by atoms with E-state index in [9.17, 15) is 0 Å². The fraction of sp³-hybridized carbons (Fsp3) is 1.00. The fourth-order valence-electron chi connectivity index (χ4n) is 3.09. The van der Waals surface area contributed by atoms with E-state index in [-0.39, 0.29) is 0 Å².